The minimum atomic E-state index is -4.15. The summed E-state index contributed by atoms with van der Waals surface area (Å²) in [5.41, 5.74) is 0. The van der Waals surface area contributed by atoms with Gasteiger partial charge in [0.2, 0.25) is 5.82 Å². The summed E-state index contributed by atoms with van der Waals surface area (Å²) in [4.78, 5) is 3.95. The summed E-state index contributed by atoms with van der Waals surface area (Å²) in [5.74, 6) is 0.148. The summed E-state index contributed by atoms with van der Waals surface area (Å²) in [6, 6.07) is 0. The van der Waals surface area contributed by atoms with Crippen molar-refractivity contribution in [2.45, 2.75) is 32.0 Å². The lowest BCUT2D eigenvalue weighted by Crippen LogP contribution is -2.23. The first-order valence-electron chi connectivity index (χ1n) is 5.90. The third-order valence-electron chi connectivity index (χ3n) is 3.33. The number of hydrogen-bond donors (Lipinski definition) is 1. The molecule has 9 heteroatoms. The Morgan fingerprint density at radius 3 is 2.79 bits per heavy atom. The molecule has 3 rings (SSSR count). The van der Waals surface area contributed by atoms with E-state index in [2.05, 4.69) is 25.4 Å². The normalized spacial score (nSPS) is 20.1. The Kier molecular flexibility index (Phi) is 2.76. The number of aryl methyl sites for hydroxylation is 1. The molecule has 1 aliphatic heterocycles. The molecule has 2 aromatic rings. The summed E-state index contributed by atoms with van der Waals surface area (Å²) in [5, 5.41) is 14.3. The molecule has 0 amide bonds. The van der Waals surface area contributed by atoms with Crippen LogP contribution in [-0.2, 0) is 13.0 Å². The highest BCUT2D eigenvalue weighted by Gasteiger charge is 2.40. The van der Waals surface area contributed by atoms with Crippen molar-refractivity contribution in [2.24, 2.45) is 5.92 Å². The van der Waals surface area contributed by atoms with Gasteiger partial charge in [0.15, 0.2) is 5.82 Å². The molecule has 0 saturated carbocycles. The van der Waals surface area contributed by atoms with Crippen molar-refractivity contribution >= 4 is 0 Å². The van der Waals surface area contributed by atoms with Gasteiger partial charge in [-0.2, -0.15) is 18.3 Å². The van der Waals surface area contributed by atoms with Crippen LogP contribution < -0.4 is 0 Å². The van der Waals surface area contributed by atoms with E-state index in [1.807, 2.05) is 0 Å². The predicted molar refractivity (Wildman–Crippen MR) is 57.9 cm³/mol. The average molecular weight is 272 g/mol. The zero-order valence-corrected chi connectivity index (χ0v) is 9.85. The highest BCUT2D eigenvalue weighted by Crippen LogP contribution is 2.35. The third kappa shape index (κ3) is 2.20. The molecule has 1 N–H and O–H groups in total. The van der Waals surface area contributed by atoms with Gasteiger partial charge in [-0.25, -0.2) is 4.98 Å². The highest BCUT2D eigenvalue weighted by molar-refractivity contribution is 5.42. The van der Waals surface area contributed by atoms with Crippen LogP contribution in [0.5, 0.6) is 0 Å². The monoisotopic (exact) mass is 272 g/mol. The van der Waals surface area contributed by atoms with Crippen molar-refractivity contribution in [1.82, 2.24) is 29.9 Å². The molecule has 102 valence electrons. The molecular weight excluding hydrogens is 261 g/mol. The molecule has 0 saturated heterocycles. The van der Waals surface area contributed by atoms with E-state index in [0.717, 1.165) is 0 Å². The molecular formula is C10H11F3N6. The van der Waals surface area contributed by atoms with E-state index >= 15 is 0 Å². The molecule has 6 nitrogen and oxygen atoms in total. The largest absolute Gasteiger partial charge is 0.391 e. The molecule has 2 aromatic heterocycles. The minimum Gasteiger partial charge on any atom is -0.308 e. The van der Waals surface area contributed by atoms with E-state index in [1.54, 1.807) is 4.57 Å². The highest BCUT2D eigenvalue weighted by atomic mass is 19.4. The van der Waals surface area contributed by atoms with Crippen molar-refractivity contribution in [3.8, 4) is 11.6 Å². The van der Waals surface area contributed by atoms with Gasteiger partial charge in [0.1, 0.15) is 12.2 Å². The second-order valence-corrected chi connectivity index (χ2v) is 4.49. The SMILES string of the molecule is FC(F)(F)C1CCc2nnc(-c3ncn[nH]3)n2CC1. The van der Waals surface area contributed by atoms with E-state index in [4.69, 9.17) is 0 Å². The molecule has 0 spiro atoms. The fourth-order valence-electron chi connectivity index (χ4n) is 2.30. The van der Waals surface area contributed by atoms with Crippen LogP contribution >= 0.6 is 0 Å². The molecule has 1 aliphatic rings. The van der Waals surface area contributed by atoms with Gasteiger partial charge in [-0.15, -0.1) is 10.2 Å². The van der Waals surface area contributed by atoms with Gasteiger partial charge in [0.05, 0.1) is 5.92 Å². The first kappa shape index (κ1) is 12.1. The van der Waals surface area contributed by atoms with E-state index in [9.17, 15) is 13.2 Å². The van der Waals surface area contributed by atoms with E-state index in [1.165, 1.54) is 6.33 Å². The molecule has 0 aromatic carbocycles. The molecule has 1 unspecified atom stereocenters. The average Bonchev–Trinajstić information content (AvgIpc) is 2.93. The Morgan fingerprint density at radius 2 is 2.11 bits per heavy atom. The Morgan fingerprint density at radius 1 is 1.26 bits per heavy atom. The number of nitrogens with zero attached hydrogens (tertiary/aromatic N) is 5. The van der Waals surface area contributed by atoms with Gasteiger partial charge in [0.25, 0.3) is 0 Å². The van der Waals surface area contributed by atoms with Gasteiger partial charge in [0, 0.05) is 13.0 Å². The zero-order chi connectivity index (χ0) is 13.5. The number of aromatic nitrogens is 6. The number of fused-ring (bicyclic) bond motifs is 1. The zero-order valence-electron chi connectivity index (χ0n) is 9.85. The summed E-state index contributed by atoms with van der Waals surface area (Å²) >= 11 is 0. The smallest absolute Gasteiger partial charge is 0.308 e. The van der Waals surface area contributed by atoms with Crippen LogP contribution in [0, 0.1) is 5.92 Å². The second kappa shape index (κ2) is 4.32. The van der Waals surface area contributed by atoms with E-state index in [0.29, 0.717) is 17.5 Å². The van der Waals surface area contributed by atoms with Crippen molar-refractivity contribution in [3.05, 3.63) is 12.2 Å². The van der Waals surface area contributed by atoms with Gasteiger partial charge in [-0.1, -0.05) is 0 Å². The van der Waals surface area contributed by atoms with Crippen LogP contribution in [0.3, 0.4) is 0 Å². The van der Waals surface area contributed by atoms with Crippen LogP contribution in [0.4, 0.5) is 13.2 Å². The lowest BCUT2D eigenvalue weighted by Gasteiger charge is -2.17. The minimum absolute atomic E-state index is 0.0374. The van der Waals surface area contributed by atoms with Gasteiger partial charge in [-0.05, 0) is 12.8 Å². The quantitative estimate of drug-likeness (QED) is 0.855. The Balaban J connectivity index is 1.88. The molecule has 0 bridgehead atoms. The number of hydrogen-bond acceptors (Lipinski definition) is 4. The van der Waals surface area contributed by atoms with Gasteiger partial charge in [-0.3, -0.25) is 5.10 Å². The third-order valence-corrected chi connectivity index (χ3v) is 3.33. The maximum atomic E-state index is 12.8. The fourth-order valence-corrected chi connectivity index (χ4v) is 2.30. The summed E-state index contributed by atoms with van der Waals surface area (Å²) < 4.78 is 39.9. The maximum Gasteiger partial charge on any atom is 0.391 e. The number of H-pyrrole nitrogens is 1. The topological polar surface area (TPSA) is 72.3 Å². The van der Waals surface area contributed by atoms with Crippen molar-refractivity contribution in [2.75, 3.05) is 0 Å². The lowest BCUT2D eigenvalue weighted by molar-refractivity contribution is -0.177. The van der Waals surface area contributed by atoms with Crippen molar-refractivity contribution in [1.29, 1.82) is 0 Å². The number of halogens is 3. The van der Waals surface area contributed by atoms with Crippen molar-refractivity contribution in [3.63, 3.8) is 0 Å². The molecule has 0 fully saturated rings. The van der Waals surface area contributed by atoms with Gasteiger partial charge < -0.3 is 4.57 Å². The number of aromatic amines is 1. The Hall–Kier alpha value is -1.93. The van der Waals surface area contributed by atoms with Crippen molar-refractivity contribution < 1.29 is 13.2 Å². The van der Waals surface area contributed by atoms with E-state index in [-0.39, 0.29) is 25.8 Å². The Labute approximate surface area is 106 Å². The molecule has 1 atom stereocenters. The number of alkyl halides is 3. The van der Waals surface area contributed by atoms with E-state index < -0.39 is 12.1 Å². The standard InChI is InChI=1S/C10H11F3N6/c11-10(12,13)6-1-2-7-16-18-9(19(7)4-3-6)8-14-5-15-17-8/h5-6H,1-4H2,(H,14,15,17). The number of rotatable bonds is 1. The maximum absolute atomic E-state index is 12.8. The summed E-state index contributed by atoms with van der Waals surface area (Å²) in [7, 11) is 0. The first-order valence-corrected chi connectivity index (χ1v) is 5.90. The summed E-state index contributed by atoms with van der Waals surface area (Å²) in [6.45, 7) is 0.239. The predicted octanol–water partition coefficient (Wildman–Crippen LogP) is 1.58. The van der Waals surface area contributed by atoms with Gasteiger partial charge >= 0.3 is 6.18 Å². The molecule has 3 heterocycles. The lowest BCUT2D eigenvalue weighted by atomic mass is 10.00. The van der Waals surface area contributed by atoms with Crippen LogP contribution in [0.25, 0.3) is 11.6 Å². The van der Waals surface area contributed by atoms with Crippen LogP contribution in [0.15, 0.2) is 6.33 Å². The molecule has 0 radical (unpaired) electrons. The Bertz CT molecular complexity index is 558. The van der Waals surface area contributed by atoms with Crippen LogP contribution in [-0.4, -0.2) is 36.1 Å². The fraction of sp³-hybridized carbons (Fsp3) is 0.600. The second-order valence-electron chi connectivity index (χ2n) is 4.49. The number of nitrogens with one attached hydrogen (secondary N) is 1. The van der Waals surface area contributed by atoms with Crippen LogP contribution in [0.1, 0.15) is 18.7 Å². The summed E-state index contributed by atoms with van der Waals surface area (Å²) in [6.07, 6.45) is -2.46. The first-order chi connectivity index (χ1) is 9.05. The molecule has 19 heavy (non-hydrogen) atoms. The van der Waals surface area contributed by atoms with Crippen LogP contribution in [0.2, 0.25) is 0 Å². The molecule has 0 aliphatic carbocycles.